The molecule has 0 spiro atoms. The first-order valence-electron chi connectivity index (χ1n) is 8.24. The molecule has 0 radical (unpaired) electrons. The molecule has 1 saturated carbocycles. The zero-order valence-corrected chi connectivity index (χ0v) is 13.9. The van der Waals surface area contributed by atoms with E-state index in [2.05, 4.69) is 4.98 Å². The maximum atomic E-state index is 13.6. The Bertz CT molecular complexity index is 779. The highest BCUT2D eigenvalue weighted by Gasteiger charge is 2.50. The van der Waals surface area contributed by atoms with Crippen molar-refractivity contribution in [1.82, 2.24) is 4.98 Å². The molecule has 2 aromatic rings. The van der Waals surface area contributed by atoms with E-state index in [0.717, 1.165) is 16.5 Å². The van der Waals surface area contributed by atoms with Gasteiger partial charge in [0.25, 0.3) is 0 Å². The van der Waals surface area contributed by atoms with Gasteiger partial charge in [-0.25, -0.2) is 4.39 Å². The third-order valence-electron chi connectivity index (χ3n) is 5.69. The molecular formula is C19H22FNO3. The average Bonchev–Trinajstić information content (AvgIpc) is 2.55. The molecule has 1 fully saturated rings. The van der Waals surface area contributed by atoms with Gasteiger partial charge in [0.2, 0.25) is 0 Å². The Morgan fingerprint density at radius 3 is 2.58 bits per heavy atom. The Balaban J connectivity index is 1.88. The van der Waals surface area contributed by atoms with Gasteiger partial charge in [0, 0.05) is 11.6 Å². The number of hydrogen-bond donors (Lipinski definition) is 2. The maximum Gasteiger partial charge on any atom is 0.312 e. The highest BCUT2D eigenvalue weighted by atomic mass is 19.1. The van der Waals surface area contributed by atoms with Crippen molar-refractivity contribution in [2.75, 3.05) is 0 Å². The summed E-state index contributed by atoms with van der Waals surface area (Å²) in [6.07, 6.45) is 3.88. The molecule has 1 aliphatic carbocycles. The Labute approximate surface area is 140 Å². The van der Waals surface area contributed by atoms with Gasteiger partial charge in [0.05, 0.1) is 16.5 Å². The Morgan fingerprint density at radius 1 is 1.29 bits per heavy atom. The van der Waals surface area contributed by atoms with Crippen LogP contribution in [0.25, 0.3) is 10.9 Å². The minimum atomic E-state index is -1.22. The summed E-state index contributed by atoms with van der Waals surface area (Å²) in [5.41, 5.74) is -0.636. The van der Waals surface area contributed by atoms with Gasteiger partial charge < -0.3 is 10.2 Å². The van der Waals surface area contributed by atoms with E-state index in [1.165, 1.54) is 12.1 Å². The maximum absolute atomic E-state index is 13.6. The number of aliphatic carboxylic acids is 1. The molecule has 4 nitrogen and oxygen atoms in total. The lowest BCUT2D eigenvalue weighted by molar-refractivity contribution is -0.169. The first-order valence-corrected chi connectivity index (χ1v) is 8.24. The van der Waals surface area contributed by atoms with E-state index in [0.29, 0.717) is 25.7 Å². The van der Waals surface area contributed by atoms with Gasteiger partial charge in [0.1, 0.15) is 5.82 Å². The summed E-state index contributed by atoms with van der Waals surface area (Å²) >= 11 is 0. The van der Waals surface area contributed by atoms with Crippen molar-refractivity contribution in [2.24, 2.45) is 5.41 Å². The second-order valence-corrected chi connectivity index (χ2v) is 7.30. The van der Waals surface area contributed by atoms with E-state index in [-0.39, 0.29) is 11.7 Å². The van der Waals surface area contributed by atoms with Gasteiger partial charge in [-0.05, 0) is 75.3 Å². The van der Waals surface area contributed by atoms with Crippen LogP contribution in [0.15, 0.2) is 30.5 Å². The third kappa shape index (κ3) is 2.67. The highest BCUT2D eigenvalue weighted by Crippen LogP contribution is 2.47. The Kier molecular flexibility index (Phi) is 4.08. The van der Waals surface area contributed by atoms with Crippen LogP contribution in [0.4, 0.5) is 4.39 Å². The topological polar surface area (TPSA) is 70.4 Å². The zero-order chi connectivity index (χ0) is 17.5. The second-order valence-electron chi connectivity index (χ2n) is 7.30. The van der Waals surface area contributed by atoms with Crippen LogP contribution in [0, 0.1) is 11.2 Å². The number of carboxylic acids is 1. The van der Waals surface area contributed by atoms with Crippen LogP contribution >= 0.6 is 0 Å². The van der Waals surface area contributed by atoms with Gasteiger partial charge in [0.15, 0.2) is 0 Å². The van der Waals surface area contributed by atoms with Crippen LogP contribution in [-0.4, -0.2) is 26.8 Å². The van der Waals surface area contributed by atoms with Crippen molar-refractivity contribution in [3.05, 3.63) is 41.8 Å². The molecule has 0 atom stereocenters. The third-order valence-corrected chi connectivity index (χ3v) is 5.69. The molecule has 1 aromatic carbocycles. The molecule has 0 bridgehead atoms. The lowest BCUT2D eigenvalue weighted by Gasteiger charge is -2.44. The number of fused-ring (bicyclic) bond motifs is 1. The summed E-state index contributed by atoms with van der Waals surface area (Å²) in [6.45, 7) is 3.15. The van der Waals surface area contributed by atoms with Crippen LogP contribution in [-0.2, 0) is 4.79 Å². The number of rotatable bonds is 3. The van der Waals surface area contributed by atoms with E-state index < -0.39 is 17.0 Å². The van der Waals surface area contributed by atoms with Crippen molar-refractivity contribution >= 4 is 16.9 Å². The summed E-state index contributed by atoms with van der Waals surface area (Å²) in [7, 11) is 0. The first-order chi connectivity index (χ1) is 11.2. The van der Waals surface area contributed by atoms with Crippen LogP contribution in [0.5, 0.6) is 0 Å². The number of carboxylic acid groups (broad SMARTS) is 1. The molecule has 1 aliphatic rings. The minimum Gasteiger partial charge on any atom is -0.481 e. The molecular weight excluding hydrogens is 309 g/mol. The molecule has 0 unspecified atom stereocenters. The van der Waals surface area contributed by atoms with Gasteiger partial charge in [-0.2, -0.15) is 0 Å². The molecule has 0 saturated heterocycles. The lowest BCUT2D eigenvalue weighted by Crippen LogP contribution is -2.51. The monoisotopic (exact) mass is 331 g/mol. The fourth-order valence-electron chi connectivity index (χ4n) is 3.73. The number of aliphatic hydroxyl groups is 1. The number of hydrogen-bond acceptors (Lipinski definition) is 3. The number of pyridine rings is 1. The van der Waals surface area contributed by atoms with Crippen molar-refractivity contribution in [3.63, 3.8) is 0 Å². The van der Waals surface area contributed by atoms with E-state index in [9.17, 15) is 19.4 Å². The second kappa shape index (κ2) is 5.81. The molecule has 0 aliphatic heterocycles. The SMILES string of the molecule is CC(C)(C(=O)O)[C@]1(O)CC[C@@H](c2ccnc3ccc(F)cc32)CC1. The summed E-state index contributed by atoms with van der Waals surface area (Å²) in [6, 6.07) is 6.47. The van der Waals surface area contributed by atoms with Crippen molar-refractivity contribution in [3.8, 4) is 0 Å². The summed E-state index contributed by atoms with van der Waals surface area (Å²) < 4.78 is 13.6. The largest absolute Gasteiger partial charge is 0.481 e. The molecule has 128 valence electrons. The van der Waals surface area contributed by atoms with E-state index in [4.69, 9.17) is 0 Å². The Morgan fingerprint density at radius 2 is 1.96 bits per heavy atom. The predicted molar refractivity (Wildman–Crippen MR) is 89.3 cm³/mol. The lowest BCUT2D eigenvalue weighted by atomic mass is 9.64. The highest BCUT2D eigenvalue weighted by molar-refractivity contribution is 5.82. The summed E-state index contributed by atoms with van der Waals surface area (Å²) in [5.74, 6) is -1.11. The van der Waals surface area contributed by atoms with Gasteiger partial charge in [-0.3, -0.25) is 9.78 Å². The van der Waals surface area contributed by atoms with Gasteiger partial charge >= 0.3 is 5.97 Å². The Hall–Kier alpha value is -2.01. The number of aromatic nitrogens is 1. The number of halogens is 1. The summed E-state index contributed by atoms with van der Waals surface area (Å²) in [5, 5.41) is 21.0. The minimum absolute atomic E-state index is 0.169. The standard InChI is InChI=1S/C19H22FNO3/c1-18(2,17(22)23)19(24)8-5-12(6-9-19)14-7-10-21-16-4-3-13(20)11-15(14)16/h3-4,7,10-12,24H,5-6,8-9H2,1-2H3,(H,22,23)/t12-,19+. The van der Waals surface area contributed by atoms with Gasteiger partial charge in [-0.15, -0.1) is 0 Å². The van der Waals surface area contributed by atoms with Crippen LogP contribution in [0.2, 0.25) is 0 Å². The molecule has 1 heterocycles. The quantitative estimate of drug-likeness (QED) is 0.895. The van der Waals surface area contributed by atoms with Gasteiger partial charge in [-0.1, -0.05) is 0 Å². The molecule has 0 amide bonds. The first kappa shape index (κ1) is 16.8. The van der Waals surface area contributed by atoms with Crippen molar-refractivity contribution in [2.45, 2.75) is 51.0 Å². The molecule has 5 heteroatoms. The summed E-state index contributed by atoms with van der Waals surface area (Å²) in [4.78, 5) is 15.8. The number of nitrogens with zero attached hydrogens (tertiary/aromatic N) is 1. The molecule has 24 heavy (non-hydrogen) atoms. The zero-order valence-electron chi connectivity index (χ0n) is 13.9. The number of benzene rings is 1. The molecule has 3 rings (SSSR count). The predicted octanol–water partition coefficient (Wildman–Crippen LogP) is 3.87. The van der Waals surface area contributed by atoms with E-state index >= 15 is 0 Å². The van der Waals surface area contributed by atoms with E-state index in [1.807, 2.05) is 6.07 Å². The van der Waals surface area contributed by atoms with Crippen LogP contribution < -0.4 is 0 Å². The molecule has 1 aromatic heterocycles. The van der Waals surface area contributed by atoms with E-state index in [1.54, 1.807) is 26.1 Å². The van der Waals surface area contributed by atoms with Crippen molar-refractivity contribution < 1.29 is 19.4 Å². The fourth-order valence-corrected chi connectivity index (χ4v) is 3.73. The number of carbonyl (C=O) groups is 1. The normalized spacial score (nSPS) is 24.9. The van der Waals surface area contributed by atoms with Crippen LogP contribution in [0.3, 0.4) is 0 Å². The average molecular weight is 331 g/mol. The van der Waals surface area contributed by atoms with Crippen LogP contribution in [0.1, 0.15) is 51.0 Å². The fraction of sp³-hybridized carbons (Fsp3) is 0.474. The molecule has 2 N–H and O–H groups in total. The smallest absolute Gasteiger partial charge is 0.312 e. The van der Waals surface area contributed by atoms with Crippen molar-refractivity contribution in [1.29, 1.82) is 0 Å².